The van der Waals surface area contributed by atoms with Crippen molar-refractivity contribution in [3.05, 3.63) is 95.6 Å². The van der Waals surface area contributed by atoms with Crippen molar-refractivity contribution in [3.63, 3.8) is 0 Å². The molecule has 7 rings (SSSR count). The van der Waals surface area contributed by atoms with Gasteiger partial charge in [-0.15, -0.1) is 0 Å². The molecule has 0 N–H and O–H groups in total. The van der Waals surface area contributed by atoms with Gasteiger partial charge in [0.05, 0.1) is 58.5 Å². The molecule has 4 saturated carbocycles. The normalized spacial score (nSPS) is 27.9. The van der Waals surface area contributed by atoms with E-state index in [0.29, 0.717) is 55.5 Å². The number of methoxy groups -OCH3 is 2. The maximum absolute atomic E-state index is 7.37. The largest absolute Gasteiger partial charge is 0.496 e. The molecule has 0 saturated heterocycles. The Bertz CT molecular complexity index is 1830. The molecule has 342 valence electrons. The van der Waals surface area contributed by atoms with E-state index < -0.39 is 17.1 Å². The van der Waals surface area contributed by atoms with Gasteiger partial charge in [0.1, 0.15) is 23.7 Å². The summed E-state index contributed by atoms with van der Waals surface area (Å²) in [7, 11) is 0.435. The summed E-state index contributed by atoms with van der Waals surface area (Å²) in [5.74, 6) is 4.85. The minimum atomic E-state index is -1.98. The van der Waals surface area contributed by atoms with Crippen LogP contribution < -0.4 is 9.47 Å². The van der Waals surface area contributed by atoms with Gasteiger partial charge in [-0.25, -0.2) is 0 Å². The van der Waals surface area contributed by atoms with Crippen molar-refractivity contribution in [1.82, 2.24) is 0 Å². The number of rotatable bonds is 20. The topological polar surface area (TPSA) is 64.6 Å². The predicted molar refractivity (Wildman–Crippen MR) is 256 cm³/mol. The molecule has 4 fully saturated rings. The maximum Gasteiger partial charge on any atom is 0.192 e. The fourth-order valence-corrected chi connectivity index (χ4v) is 13.2. The molecule has 0 heterocycles. The number of hydrogen-bond donors (Lipinski definition) is 0. The molecule has 0 spiro atoms. The Balaban J connectivity index is 1.00. The van der Waals surface area contributed by atoms with E-state index in [2.05, 4.69) is 128 Å². The smallest absolute Gasteiger partial charge is 0.192 e. The van der Waals surface area contributed by atoms with Crippen LogP contribution in [0, 0.1) is 29.6 Å². The molecule has 0 radical (unpaired) electrons. The molecular weight excluding hydrogens is 805 g/mol. The van der Waals surface area contributed by atoms with E-state index in [9.17, 15) is 0 Å². The Labute approximate surface area is 378 Å². The summed E-state index contributed by atoms with van der Waals surface area (Å²) in [4.78, 5) is 0. The van der Waals surface area contributed by atoms with Crippen LogP contribution in [0.2, 0.25) is 36.3 Å². The lowest BCUT2D eigenvalue weighted by Crippen LogP contribution is -2.42. The highest BCUT2D eigenvalue weighted by molar-refractivity contribution is 6.74. The number of hydrogen-bond acceptors (Lipinski definition) is 7. The lowest BCUT2D eigenvalue weighted by atomic mass is 9.88. The number of ether oxygens (including phenoxy) is 6. The Morgan fingerprint density at radius 1 is 0.597 bits per heavy atom. The third-order valence-corrected chi connectivity index (χ3v) is 24.2. The molecule has 3 aromatic rings. The first-order valence-electron chi connectivity index (χ1n) is 24.0. The van der Waals surface area contributed by atoms with E-state index in [-0.39, 0.29) is 40.6 Å². The van der Waals surface area contributed by atoms with Crippen LogP contribution in [-0.4, -0.2) is 69.0 Å². The first-order chi connectivity index (χ1) is 29.6. The van der Waals surface area contributed by atoms with Crippen molar-refractivity contribution in [1.29, 1.82) is 0 Å². The second-order valence-electron chi connectivity index (χ2n) is 21.9. The van der Waals surface area contributed by atoms with Crippen molar-refractivity contribution in [3.8, 4) is 11.5 Å². The highest BCUT2D eigenvalue weighted by Crippen LogP contribution is 2.55. The Morgan fingerprint density at radius 2 is 1.05 bits per heavy atom. The summed E-state index contributed by atoms with van der Waals surface area (Å²) in [6.45, 7) is 23.3. The van der Waals surface area contributed by atoms with E-state index in [1.54, 1.807) is 14.2 Å². The van der Waals surface area contributed by atoms with Crippen LogP contribution in [0.1, 0.15) is 115 Å². The predicted octanol–water partition coefficient (Wildman–Crippen LogP) is 12.8. The zero-order valence-electron chi connectivity index (χ0n) is 40.1. The van der Waals surface area contributed by atoms with Gasteiger partial charge in [0.25, 0.3) is 0 Å². The Kier molecular flexibility index (Phi) is 15.6. The molecule has 4 aliphatic carbocycles. The lowest BCUT2D eigenvalue weighted by molar-refractivity contribution is -0.0992. The van der Waals surface area contributed by atoms with Crippen molar-refractivity contribution in [2.24, 2.45) is 29.6 Å². The van der Waals surface area contributed by atoms with Crippen LogP contribution in [0.3, 0.4) is 0 Å². The SMILES string of the molecule is COc1ccccc1C(COC(C1C[C@H]2CC(OC(CO[Si](C)(C)C(C)(C)C)c3ccccc3OC)C[C@H]2C1)C(C)(C)[SiH](C)C)OC1C[C@H]2CC(OCc3ccccc3)C[C@H]2C1. The molecule has 7 nitrogen and oxygen atoms in total. The third kappa shape index (κ3) is 11.1. The highest BCUT2D eigenvalue weighted by Gasteiger charge is 2.50. The van der Waals surface area contributed by atoms with Gasteiger partial charge in [-0.3, -0.25) is 0 Å². The van der Waals surface area contributed by atoms with Gasteiger partial charge in [0, 0.05) is 19.9 Å². The van der Waals surface area contributed by atoms with Gasteiger partial charge in [0.2, 0.25) is 0 Å². The first kappa shape index (κ1) is 47.5. The van der Waals surface area contributed by atoms with E-state index in [4.69, 9.17) is 32.8 Å². The molecule has 0 bridgehead atoms. The van der Waals surface area contributed by atoms with E-state index in [1.807, 2.05) is 12.1 Å². The van der Waals surface area contributed by atoms with Gasteiger partial charge >= 0.3 is 0 Å². The Hall–Kier alpha value is -2.51. The summed E-state index contributed by atoms with van der Waals surface area (Å²) in [6, 6.07) is 27.3. The summed E-state index contributed by atoms with van der Waals surface area (Å²) in [6.07, 6.45) is 9.57. The monoisotopic (exact) mass is 885 g/mol. The van der Waals surface area contributed by atoms with Gasteiger partial charge in [-0.05, 0) is 122 Å². The second kappa shape index (κ2) is 20.3. The first-order valence-corrected chi connectivity index (χ1v) is 29.8. The molecule has 4 aliphatic rings. The number of para-hydroxylation sites is 2. The number of fused-ring (bicyclic) bond motifs is 2. The highest BCUT2D eigenvalue weighted by atomic mass is 28.4. The molecule has 62 heavy (non-hydrogen) atoms. The van der Waals surface area contributed by atoms with Crippen LogP contribution in [0.4, 0.5) is 0 Å². The Morgan fingerprint density at radius 3 is 1.53 bits per heavy atom. The molecule has 9 heteroatoms. The standard InChI is InChI=1S/C53H80O7Si2/c1-52(2,3)62(10,11)58-35-50(46-22-16-18-24-48(46)55-7)60-43-29-37-25-41(26-38(37)30-43)51(53(4,5)61(8)9)57-34-49(45-21-15-17-23-47(45)54-6)59-44-31-39-27-42(28-40(39)32-44)56-33-36-19-13-12-14-20-36/h12-24,37-44,49-51,61H,25-35H2,1-11H3/t37-,38+,39-,40+,41?,42?,43?,44?,49?,50?,51?. The average molecular weight is 885 g/mol. The second-order valence-corrected chi connectivity index (χ2v) is 30.5. The van der Waals surface area contributed by atoms with Crippen LogP contribution in [0.25, 0.3) is 0 Å². The third-order valence-electron chi connectivity index (χ3n) is 16.4. The molecule has 3 aromatic carbocycles. The molecule has 7 unspecified atom stereocenters. The van der Waals surface area contributed by atoms with Gasteiger partial charge in [-0.2, -0.15) is 0 Å². The maximum atomic E-state index is 7.37. The van der Waals surface area contributed by atoms with Crippen LogP contribution in [-0.2, 0) is 30.0 Å². The van der Waals surface area contributed by atoms with Crippen molar-refractivity contribution >= 4 is 17.1 Å². The van der Waals surface area contributed by atoms with E-state index in [0.717, 1.165) is 61.2 Å². The molecule has 11 atom stereocenters. The molecular formula is C53H80O7Si2. The van der Waals surface area contributed by atoms with Crippen LogP contribution >= 0.6 is 0 Å². The minimum absolute atomic E-state index is 0.125. The van der Waals surface area contributed by atoms with Crippen molar-refractivity contribution < 1.29 is 32.8 Å². The van der Waals surface area contributed by atoms with Crippen LogP contribution in [0.15, 0.2) is 78.9 Å². The molecule has 0 aliphatic heterocycles. The lowest BCUT2D eigenvalue weighted by Gasteiger charge is -2.42. The quantitative estimate of drug-likeness (QED) is 0.105. The zero-order chi connectivity index (χ0) is 44.2. The zero-order valence-corrected chi connectivity index (χ0v) is 42.2. The summed E-state index contributed by atoms with van der Waals surface area (Å²) in [5, 5.41) is 0.250. The molecule has 0 amide bonds. The average Bonchev–Trinajstić information content (AvgIpc) is 4.01. The van der Waals surface area contributed by atoms with E-state index in [1.165, 1.54) is 18.4 Å². The summed E-state index contributed by atoms with van der Waals surface area (Å²) >= 11 is 0. The van der Waals surface area contributed by atoms with E-state index >= 15 is 0 Å². The van der Waals surface area contributed by atoms with Gasteiger partial charge in [0.15, 0.2) is 8.32 Å². The van der Waals surface area contributed by atoms with Crippen molar-refractivity contribution in [2.45, 2.75) is 165 Å². The fourth-order valence-electron chi connectivity index (χ4n) is 11.2. The van der Waals surface area contributed by atoms with Crippen LogP contribution in [0.5, 0.6) is 11.5 Å². The van der Waals surface area contributed by atoms with Gasteiger partial charge in [-0.1, -0.05) is 114 Å². The minimum Gasteiger partial charge on any atom is -0.496 e. The number of benzene rings is 3. The fraction of sp³-hybridized carbons (Fsp3) is 0.660. The van der Waals surface area contributed by atoms with Gasteiger partial charge < -0.3 is 32.8 Å². The summed E-state index contributed by atoms with van der Waals surface area (Å²) in [5.41, 5.74) is 3.44. The molecule has 0 aromatic heterocycles. The summed E-state index contributed by atoms with van der Waals surface area (Å²) < 4.78 is 46.8. The van der Waals surface area contributed by atoms with Crippen molar-refractivity contribution in [2.75, 3.05) is 27.4 Å².